The molecule has 0 radical (unpaired) electrons. The normalized spacial score (nSPS) is 10.3. The lowest BCUT2D eigenvalue weighted by molar-refractivity contribution is -0.116. The number of hydrogen-bond acceptors (Lipinski definition) is 3. The van der Waals surface area contributed by atoms with Gasteiger partial charge in [-0.2, -0.15) is 0 Å². The van der Waals surface area contributed by atoms with Crippen molar-refractivity contribution >= 4 is 12.5 Å². The summed E-state index contributed by atoms with van der Waals surface area (Å²) < 4.78 is 4.94. The summed E-state index contributed by atoms with van der Waals surface area (Å²) in [6.07, 6.45) is 5.04. The van der Waals surface area contributed by atoms with E-state index in [2.05, 4.69) is 0 Å². The standard InChI is InChI=1S/C7H8N2O2/c8-9(6-10)4-3-7-2-1-5-11-7/h1-6H,8H2. The maximum absolute atomic E-state index is 9.98. The van der Waals surface area contributed by atoms with E-state index in [9.17, 15) is 4.79 Å². The Morgan fingerprint density at radius 3 is 3.00 bits per heavy atom. The average molecular weight is 152 g/mol. The Morgan fingerprint density at radius 1 is 1.64 bits per heavy atom. The van der Waals surface area contributed by atoms with Crippen LogP contribution < -0.4 is 5.84 Å². The van der Waals surface area contributed by atoms with Gasteiger partial charge in [-0.1, -0.05) is 0 Å². The maximum Gasteiger partial charge on any atom is 0.227 e. The Morgan fingerprint density at radius 2 is 2.45 bits per heavy atom. The maximum atomic E-state index is 9.98. The van der Waals surface area contributed by atoms with Gasteiger partial charge in [-0.05, 0) is 18.2 Å². The molecule has 0 spiro atoms. The van der Waals surface area contributed by atoms with Crippen LogP contribution in [0.25, 0.3) is 6.08 Å². The highest BCUT2D eigenvalue weighted by atomic mass is 16.3. The zero-order chi connectivity index (χ0) is 8.10. The number of hydrazine groups is 1. The molecule has 1 amide bonds. The van der Waals surface area contributed by atoms with Crippen molar-refractivity contribution in [2.24, 2.45) is 5.84 Å². The van der Waals surface area contributed by atoms with Crippen molar-refractivity contribution in [3.8, 4) is 0 Å². The highest BCUT2D eigenvalue weighted by Gasteiger charge is 1.88. The Hall–Kier alpha value is -1.55. The van der Waals surface area contributed by atoms with E-state index in [0.29, 0.717) is 12.2 Å². The van der Waals surface area contributed by atoms with Crippen LogP contribution in [0.2, 0.25) is 0 Å². The molecule has 1 heterocycles. The molecular weight excluding hydrogens is 144 g/mol. The quantitative estimate of drug-likeness (QED) is 0.298. The molecule has 4 heteroatoms. The zero-order valence-electron chi connectivity index (χ0n) is 5.81. The number of carbonyl (C=O) groups excluding carboxylic acids is 1. The summed E-state index contributed by atoms with van der Waals surface area (Å²) in [4.78, 5) is 9.98. The number of nitrogens with zero attached hydrogens (tertiary/aromatic N) is 1. The first kappa shape index (κ1) is 7.56. The predicted octanol–water partition coefficient (Wildman–Crippen LogP) is 0.582. The predicted molar refractivity (Wildman–Crippen MR) is 39.8 cm³/mol. The molecule has 0 aliphatic heterocycles. The van der Waals surface area contributed by atoms with Crippen LogP contribution in [0.3, 0.4) is 0 Å². The number of furan rings is 1. The van der Waals surface area contributed by atoms with Gasteiger partial charge in [-0.3, -0.25) is 9.80 Å². The molecule has 1 aromatic heterocycles. The van der Waals surface area contributed by atoms with Crippen LogP contribution >= 0.6 is 0 Å². The van der Waals surface area contributed by atoms with Crippen molar-refractivity contribution in [2.75, 3.05) is 0 Å². The topological polar surface area (TPSA) is 59.5 Å². The van der Waals surface area contributed by atoms with Gasteiger partial charge < -0.3 is 4.42 Å². The van der Waals surface area contributed by atoms with E-state index in [0.717, 1.165) is 5.01 Å². The zero-order valence-corrected chi connectivity index (χ0v) is 5.81. The van der Waals surface area contributed by atoms with E-state index in [1.807, 2.05) is 0 Å². The van der Waals surface area contributed by atoms with Crippen molar-refractivity contribution < 1.29 is 9.21 Å². The van der Waals surface area contributed by atoms with Gasteiger partial charge in [0.1, 0.15) is 5.76 Å². The summed E-state index contributed by atoms with van der Waals surface area (Å²) in [7, 11) is 0. The third-order valence-corrected chi connectivity index (χ3v) is 1.08. The number of rotatable bonds is 3. The SMILES string of the molecule is NN(C=O)C=Cc1ccco1. The fraction of sp³-hybridized carbons (Fsp3) is 0. The van der Waals surface area contributed by atoms with Gasteiger partial charge in [0.15, 0.2) is 0 Å². The molecule has 0 bridgehead atoms. The van der Waals surface area contributed by atoms with Crippen LogP contribution in [0.15, 0.2) is 29.0 Å². The summed E-state index contributed by atoms with van der Waals surface area (Å²) in [5.41, 5.74) is 0. The molecule has 1 rings (SSSR count). The van der Waals surface area contributed by atoms with Crippen LogP contribution in [0.5, 0.6) is 0 Å². The monoisotopic (exact) mass is 152 g/mol. The summed E-state index contributed by atoms with van der Waals surface area (Å²) in [6.45, 7) is 0. The molecule has 1 aromatic rings. The van der Waals surface area contributed by atoms with Crippen LogP contribution in [0.4, 0.5) is 0 Å². The second-order valence-corrected chi connectivity index (χ2v) is 1.88. The second kappa shape index (κ2) is 3.58. The first-order valence-corrected chi connectivity index (χ1v) is 3.03. The fourth-order valence-corrected chi connectivity index (χ4v) is 0.581. The molecule has 0 aliphatic rings. The molecule has 2 N–H and O–H groups in total. The molecule has 0 aliphatic carbocycles. The van der Waals surface area contributed by atoms with Crippen LogP contribution in [-0.2, 0) is 4.79 Å². The van der Waals surface area contributed by atoms with Crippen LogP contribution in [0, 0.1) is 0 Å². The van der Waals surface area contributed by atoms with Gasteiger partial charge in [0.25, 0.3) is 0 Å². The van der Waals surface area contributed by atoms with Gasteiger partial charge in [-0.15, -0.1) is 0 Å². The molecule has 0 atom stereocenters. The van der Waals surface area contributed by atoms with Crippen LogP contribution in [0.1, 0.15) is 5.76 Å². The fourth-order valence-electron chi connectivity index (χ4n) is 0.581. The molecule has 0 saturated carbocycles. The van der Waals surface area contributed by atoms with E-state index in [1.165, 1.54) is 6.20 Å². The number of amides is 1. The second-order valence-electron chi connectivity index (χ2n) is 1.88. The molecular formula is C7H8N2O2. The minimum atomic E-state index is 0.499. The van der Waals surface area contributed by atoms with Gasteiger partial charge in [0.05, 0.1) is 6.26 Å². The number of nitrogens with two attached hydrogens (primary N) is 1. The number of hydrogen-bond donors (Lipinski definition) is 1. The lowest BCUT2D eigenvalue weighted by Gasteiger charge is -1.98. The van der Waals surface area contributed by atoms with E-state index >= 15 is 0 Å². The first-order valence-electron chi connectivity index (χ1n) is 3.03. The minimum absolute atomic E-state index is 0.499. The molecule has 0 fully saturated rings. The third-order valence-electron chi connectivity index (χ3n) is 1.08. The third kappa shape index (κ3) is 2.27. The van der Waals surface area contributed by atoms with Crippen molar-refractivity contribution in [2.45, 2.75) is 0 Å². The largest absolute Gasteiger partial charge is 0.465 e. The van der Waals surface area contributed by atoms with Gasteiger partial charge in [0, 0.05) is 6.20 Å². The molecule has 11 heavy (non-hydrogen) atoms. The van der Waals surface area contributed by atoms with Crippen LogP contribution in [-0.4, -0.2) is 11.4 Å². The highest BCUT2D eigenvalue weighted by Crippen LogP contribution is 2.01. The molecule has 0 saturated heterocycles. The van der Waals surface area contributed by atoms with Gasteiger partial charge in [-0.25, -0.2) is 5.84 Å². The van der Waals surface area contributed by atoms with E-state index in [1.54, 1.807) is 24.5 Å². The van der Waals surface area contributed by atoms with Crippen molar-refractivity contribution in [1.82, 2.24) is 5.01 Å². The first-order chi connectivity index (χ1) is 5.33. The molecule has 58 valence electrons. The summed E-state index contributed by atoms with van der Waals surface area (Å²) in [6, 6.07) is 3.51. The van der Waals surface area contributed by atoms with Crippen molar-refractivity contribution in [3.05, 3.63) is 30.4 Å². The minimum Gasteiger partial charge on any atom is -0.465 e. The average Bonchev–Trinajstić information content (AvgIpc) is 2.52. The van der Waals surface area contributed by atoms with E-state index in [-0.39, 0.29) is 0 Å². The van der Waals surface area contributed by atoms with Crippen molar-refractivity contribution in [3.63, 3.8) is 0 Å². The highest BCUT2D eigenvalue weighted by molar-refractivity contribution is 5.52. The lowest BCUT2D eigenvalue weighted by atomic mass is 10.4. The van der Waals surface area contributed by atoms with Gasteiger partial charge >= 0.3 is 0 Å². The Bertz CT molecular complexity index is 241. The Labute approximate surface area is 63.9 Å². The van der Waals surface area contributed by atoms with E-state index in [4.69, 9.17) is 10.3 Å². The lowest BCUT2D eigenvalue weighted by Crippen LogP contribution is -2.22. The molecule has 0 aromatic carbocycles. The van der Waals surface area contributed by atoms with Gasteiger partial charge in [0.2, 0.25) is 6.41 Å². The molecule has 4 nitrogen and oxygen atoms in total. The van der Waals surface area contributed by atoms with E-state index < -0.39 is 0 Å². The van der Waals surface area contributed by atoms with Crippen molar-refractivity contribution in [1.29, 1.82) is 0 Å². The Kier molecular flexibility index (Phi) is 2.46. The summed E-state index contributed by atoms with van der Waals surface area (Å²) in [5.74, 6) is 5.78. The Balaban J connectivity index is 2.55. The molecule has 0 unspecified atom stereocenters. The summed E-state index contributed by atoms with van der Waals surface area (Å²) in [5, 5.41) is 0.905. The smallest absolute Gasteiger partial charge is 0.227 e. The number of carbonyl (C=O) groups is 1. The summed E-state index contributed by atoms with van der Waals surface area (Å²) >= 11 is 0.